The number of hydrogen-bond acceptors (Lipinski definition) is 3. The summed E-state index contributed by atoms with van der Waals surface area (Å²) in [7, 11) is 0. The minimum Gasteiger partial charge on any atom is -0.457 e. The summed E-state index contributed by atoms with van der Waals surface area (Å²) in [4.78, 5) is 16.5. The van der Waals surface area contributed by atoms with Gasteiger partial charge in [-0.3, -0.25) is 9.78 Å². The van der Waals surface area contributed by atoms with Crippen molar-refractivity contribution in [3.05, 3.63) is 64.8 Å². The number of fused-ring (bicyclic) bond motifs is 1. The van der Waals surface area contributed by atoms with E-state index in [1.54, 1.807) is 18.5 Å². The molecule has 0 fully saturated rings. The van der Waals surface area contributed by atoms with Crippen molar-refractivity contribution < 1.29 is 9.21 Å². The van der Waals surface area contributed by atoms with E-state index in [1.807, 2.05) is 24.3 Å². The first-order valence-electron chi connectivity index (χ1n) is 5.38. The number of nitrogens with zero attached hydrogens (tertiary/aromatic N) is 1. The highest BCUT2D eigenvalue weighted by Gasteiger charge is 2.16. The predicted molar refractivity (Wildman–Crippen MR) is 71.6 cm³/mol. The van der Waals surface area contributed by atoms with Crippen LogP contribution in [0.15, 0.2) is 58.1 Å². The van der Waals surface area contributed by atoms with Crippen LogP contribution >= 0.6 is 15.9 Å². The van der Waals surface area contributed by atoms with Gasteiger partial charge in [0.25, 0.3) is 0 Å². The standard InChI is InChI=1S/C14H8BrNO2/c15-14-12(5-7-18-14)13(17)11-3-1-2-9-8-16-6-4-10(9)11/h1-8H. The summed E-state index contributed by atoms with van der Waals surface area (Å²) in [6, 6.07) is 9.10. The van der Waals surface area contributed by atoms with Gasteiger partial charge in [-0.05, 0) is 33.4 Å². The number of carbonyl (C=O) groups is 1. The Hall–Kier alpha value is -1.94. The van der Waals surface area contributed by atoms with Gasteiger partial charge >= 0.3 is 0 Å². The lowest BCUT2D eigenvalue weighted by Gasteiger charge is -2.04. The molecule has 2 heterocycles. The van der Waals surface area contributed by atoms with Crippen LogP contribution in [0.25, 0.3) is 10.8 Å². The Labute approximate surface area is 112 Å². The number of carbonyl (C=O) groups excluding carboxylic acids is 1. The van der Waals surface area contributed by atoms with Crippen LogP contribution in [-0.4, -0.2) is 10.8 Å². The van der Waals surface area contributed by atoms with Crippen molar-refractivity contribution in [3.63, 3.8) is 0 Å². The lowest BCUT2D eigenvalue weighted by atomic mass is 10.00. The number of ketones is 1. The second-order valence-corrected chi connectivity index (χ2v) is 4.56. The van der Waals surface area contributed by atoms with Gasteiger partial charge in [0, 0.05) is 23.3 Å². The predicted octanol–water partition coefficient (Wildman–Crippen LogP) is 3.82. The molecule has 3 rings (SSSR count). The third-order valence-electron chi connectivity index (χ3n) is 2.79. The Bertz CT molecular complexity index is 728. The Balaban J connectivity index is 2.21. The lowest BCUT2D eigenvalue weighted by molar-refractivity contribution is 0.103. The zero-order valence-electron chi connectivity index (χ0n) is 9.26. The van der Waals surface area contributed by atoms with Gasteiger partial charge in [-0.1, -0.05) is 18.2 Å². The summed E-state index contributed by atoms with van der Waals surface area (Å²) < 4.78 is 5.56. The highest BCUT2D eigenvalue weighted by atomic mass is 79.9. The summed E-state index contributed by atoms with van der Waals surface area (Å²) in [5, 5.41) is 1.84. The first kappa shape index (κ1) is 11.2. The van der Waals surface area contributed by atoms with Gasteiger partial charge in [0.1, 0.15) is 0 Å². The smallest absolute Gasteiger partial charge is 0.198 e. The summed E-state index contributed by atoms with van der Waals surface area (Å²) in [6.45, 7) is 0. The average Bonchev–Trinajstić information content (AvgIpc) is 2.83. The molecule has 88 valence electrons. The minimum absolute atomic E-state index is 0.0626. The first-order valence-corrected chi connectivity index (χ1v) is 6.17. The normalized spacial score (nSPS) is 10.7. The van der Waals surface area contributed by atoms with Crippen LogP contribution in [0, 0.1) is 0 Å². The molecule has 4 heteroatoms. The highest BCUT2D eigenvalue weighted by Crippen LogP contribution is 2.25. The molecule has 0 aliphatic rings. The van der Waals surface area contributed by atoms with Gasteiger partial charge < -0.3 is 4.42 Å². The molecule has 0 aliphatic heterocycles. The van der Waals surface area contributed by atoms with E-state index in [2.05, 4.69) is 20.9 Å². The molecule has 3 nitrogen and oxygen atoms in total. The van der Waals surface area contributed by atoms with Crippen molar-refractivity contribution in [1.82, 2.24) is 4.98 Å². The Kier molecular flexibility index (Phi) is 2.72. The SMILES string of the molecule is O=C(c1ccoc1Br)c1cccc2cnccc12. The molecule has 0 saturated carbocycles. The number of pyridine rings is 1. The summed E-state index contributed by atoms with van der Waals surface area (Å²) in [6.07, 6.45) is 4.92. The zero-order chi connectivity index (χ0) is 12.5. The van der Waals surface area contributed by atoms with Crippen molar-refractivity contribution >= 4 is 32.5 Å². The molecule has 0 spiro atoms. The molecule has 1 aromatic carbocycles. The van der Waals surface area contributed by atoms with Crippen molar-refractivity contribution in [3.8, 4) is 0 Å². The van der Waals surface area contributed by atoms with E-state index in [9.17, 15) is 4.79 Å². The third-order valence-corrected chi connectivity index (χ3v) is 3.40. The maximum atomic E-state index is 12.4. The van der Waals surface area contributed by atoms with Gasteiger partial charge in [-0.15, -0.1) is 0 Å². The molecule has 0 amide bonds. The average molecular weight is 302 g/mol. The lowest BCUT2D eigenvalue weighted by Crippen LogP contribution is -2.01. The van der Waals surface area contributed by atoms with Crippen molar-refractivity contribution in [2.45, 2.75) is 0 Å². The first-order chi connectivity index (χ1) is 8.77. The fourth-order valence-corrected chi connectivity index (χ4v) is 2.34. The zero-order valence-corrected chi connectivity index (χ0v) is 10.8. The Morgan fingerprint density at radius 3 is 2.83 bits per heavy atom. The monoisotopic (exact) mass is 301 g/mol. The minimum atomic E-state index is -0.0626. The third kappa shape index (κ3) is 1.75. The van der Waals surface area contributed by atoms with Gasteiger partial charge in [-0.2, -0.15) is 0 Å². The molecular weight excluding hydrogens is 294 g/mol. The van der Waals surface area contributed by atoms with Crippen LogP contribution in [0.5, 0.6) is 0 Å². The van der Waals surface area contributed by atoms with Gasteiger partial charge in [0.2, 0.25) is 0 Å². The van der Waals surface area contributed by atoms with Crippen LogP contribution in [0.2, 0.25) is 0 Å². The number of benzene rings is 1. The van der Waals surface area contributed by atoms with E-state index in [-0.39, 0.29) is 5.78 Å². The second-order valence-electron chi connectivity index (χ2n) is 3.84. The molecule has 0 radical (unpaired) electrons. The van der Waals surface area contributed by atoms with E-state index in [4.69, 9.17) is 4.42 Å². The number of hydrogen-bond donors (Lipinski definition) is 0. The molecular formula is C14H8BrNO2. The van der Waals surface area contributed by atoms with Gasteiger partial charge in [-0.25, -0.2) is 0 Å². The molecule has 0 N–H and O–H groups in total. The van der Waals surface area contributed by atoms with Gasteiger partial charge in [0.15, 0.2) is 10.5 Å². The molecule has 3 aromatic rings. The van der Waals surface area contributed by atoms with E-state index < -0.39 is 0 Å². The molecule has 2 aromatic heterocycles. The summed E-state index contributed by atoms with van der Waals surface area (Å²) >= 11 is 3.23. The van der Waals surface area contributed by atoms with Gasteiger partial charge in [0.05, 0.1) is 11.8 Å². The van der Waals surface area contributed by atoms with E-state index in [1.165, 1.54) is 6.26 Å². The number of furan rings is 1. The molecule has 0 unspecified atom stereocenters. The van der Waals surface area contributed by atoms with E-state index >= 15 is 0 Å². The van der Waals surface area contributed by atoms with Crippen LogP contribution < -0.4 is 0 Å². The quantitative estimate of drug-likeness (QED) is 0.676. The summed E-state index contributed by atoms with van der Waals surface area (Å²) in [5.74, 6) is -0.0626. The van der Waals surface area contributed by atoms with Crippen molar-refractivity contribution in [1.29, 1.82) is 0 Å². The largest absolute Gasteiger partial charge is 0.457 e. The van der Waals surface area contributed by atoms with Crippen molar-refractivity contribution in [2.75, 3.05) is 0 Å². The Morgan fingerprint density at radius 1 is 1.17 bits per heavy atom. The molecule has 18 heavy (non-hydrogen) atoms. The fraction of sp³-hybridized carbons (Fsp3) is 0. The fourth-order valence-electron chi connectivity index (χ4n) is 1.92. The second kappa shape index (κ2) is 4.38. The van der Waals surface area contributed by atoms with Crippen LogP contribution in [0.1, 0.15) is 15.9 Å². The van der Waals surface area contributed by atoms with Crippen LogP contribution in [0.4, 0.5) is 0 Å². The number of aromatic nitrogens is 1. The topological polar surface area (TPSA) is 43.1 Å². The van der Waals surface area contributed by atoms with E-state index in [0.29, 0.717) is 15.8 Å². The molecule has 0 bridgehead atoms. The maximum absolute atomic E-state index is 12.4. The van der Waals surface area contributed by atoms with Crippen LogP contribution in [-0.2, 0) is 0 Å². The molecule has 0 saturated heterocycles. The Morgan fingerprint density at radius 2 is 2.06 bits per heavy atom. The molecule has 0 atom stereocenters. The van der Waals surface area contributed by atoms with E-state index in [0.717, 1.165) is 10.8 Å². The van der Waals surface area contributed by atoms with Crippen molar-refractivity contribution in [2.24, 2.45) is 0 Å². The highest BCUT2D eigenvalue weighted by molar-refractivity contribution is 9.10. The number of rotatable bonds is 2. The summed E-state index contributed by atoms with van der Waals surface area (Å²) in [5.41, 5.74) is 1.18. The number of halogens is 1. The maximum Gasteiger partial charge on any atom is 0.198 e. The molecule has 0 aliphatic carbocycles. The van der Waals surface area contributed by atoms with Crippen LogP contribution in [0.3, 0.4) is 0 Å².